The molecule has 0 spiro atoms. The summed E-state index contributed by atoms with van der Waals surface area (Å²) in [5.41, 5.74) is -1.03. The van der Waals surface area contributed by atoms with Crippen LogP contribution in [0.2, 0.25) is 5.28 Å². The minimum Gasteiger partial charge on any atom is -0.387 e. The molecule has 18 nitrogen and oxygen atoms in total. The van der Waals surface area contributed by atoms with Crippen molar-refractivity contribution < 1.29 is 75.4 Å². The van der Waals surface area contributed by atoms with Crippen LogP contribution in [0.3, 0.4) is 0 Å². The average molecular weight is 832 g/mol. The maximum atomic E-state index is 14.0. The smallest absolute Gasteiger partial charge is 0.387 e. The van der Waals surface area contributed by atoms with Crippen molar-refractivity contribution in [3.8, 4) is 12.3 Å². The summed E-state index contributed by atoms with van der Waals surface area (Å²) in [5, 5.41) is 25.4. The molecule has 0 amide bonds. The second kappa shape index (κ2) is 19.9. The molecule has 1 unspecified atom stereocenters. The monoisotopic (exact) mass is 831 g/mol. The minimum absolute atomic E-state index is 0.00289. The molecule has 5 atom stereocenters. The number of aliphatic hydroxyl groups excluding tert-OH is 2. The maximum absolute atomic E-state index is 14.0. The van der Waals surface area contributed by atoms with Crippen LogP contribution in [-0.4, -0.2) is 135 Å². The standard InChI is InChI=1S/C30H39ClF3N5O13P2/c1-2-8-47-10-12-49-14-15-50-13-11-48-9-7-38(17-20-5-3-4-6-22(20)30(32,33)34)26-21-16-35-39(27(21)37-29(31)36-26)28-25(41)24(40)23(52-28)18-51-54(45,46)19-53(42,43)44/h1,3-6,16,23-25,28,40-41H,7-15,17-19H2,(H,45,46)(H2,42,43,44)/t23-,24-,25-,28-/m1/s1. The zero-order valence-corrected chi connectivity index (χ0v) is 30.9. The molecule has 1 aliphatic rings. The number of terminal acetylenes is 1. The Kier molecular flexibility index (Phi) is 16.2. The van der Waals surface area contributed by atoms with Gasteiger partial charge >= 0.3 is 21.4 Å². The van der Waals surface area contributed by atoms with E-state index in [1.807, 2.05) is 0 Å². The number of rotatable bonds is 22. The van der Waals surface area contributed by atoms with Crippen molar-refractivity contribution >= 4 is 43.6 Å². The van der Waals surface area contributed by atoms with E-state index in [2.05, 4.69) is 21.0 Å². The number of halogens is 4. The number of fused-ring (bicyclic) bond motifs is 1. The highest BCUT2D eigenvalue weighted by molar-refractivity contribution is 7.70. The van der Waals surface area contributed by atoms with Crippen LogP contribution in [0.25, 0.3) is 11.0 Å². The van der Waals surface area contributed by atoms with Crippen LogP contribution in [0.1, 0.15) is 17.4 Å². The quantitative estimate of drug-likeness (QED) is 0.0422. The Morgan fingerprint density at radius 1 is 0.963 bits per heavy atom. The van der Waals surface area contributed by atoms with Gasteiger partial charge in [-0.2, -0.15) is 28.2 Å². The molecular formula is C30H39ClF3N5O13P2. The first-order valence-electron chi connectivity index (χ1n) is 16.1. The Morgan fingerprint density at radius 2 is 1.59 bits per heavy atom. The number of alkyl halides is 3. The predicted octanol–water partition coefficient (Wildman–Crippen LogP) is 2.16. The molecule has 1 fully saturated rings. The van der Waals surface area contributed by atoms with E-state index < -0.39 is 64.0 Å². The Hall–Kier alpha value is -2.77. The van der Waals surface area contributed by atoms with Gasteiger partial charge in [-0.25, -0.2) is 4.68 Å². The van der Waals surface area contributed by atoms with Crippen LogP contribution >= 0.6 is 26.8 Å². The summed E-state index contributed by atoms with van der Waals surface area (Å²) in [6.45, 7) is 0.656. The van der Waals surface area contributed by atoms with Gasteiger partial charge in [0.2, 0.25) is 5.28 Å². The predicted molar refractivity (Wildman–Crippen MR) is 184 cm³/mol. The summed E-state index contributed by atoms with van der Waals surface area (Å²) >= 11 is 6.30. The first-order valence-corrected chi connectivity index (χ1v) is 20.0. The molecule has 1 aliphatic heterocycles. The molecule has 0 bridgehead atoms. The summed E-state index contributed by atoms with van der Waals surface area (Å²) < 4.78 is 98.3. The van der Waals surface area contributed by atoms with Gasteiger partial charge in [0.15, 0.2) is 17.8 Å². The first kappa shape index (κ1) is 44.0. The summed E-state index contributed by atoms with van der Waals surface area (Å²) in [6.07, 6.45) is -4.77. The van der Waals surface area contributed by atoms with Crippen LogP contribution in [-0.2, 0) is 50.1 Å². The molecule has 1 saturated heterocycles. The number of hydrogen-bond acceptors (Lipinski definition) is 14. The van der Waals surface area contributed by atoms with E-state index in [1.165, 1.54) is 29.3 Å². The maximum Gasteiger partial charge on any atom is 0.416 e. The zero-order chi connectivity index (χ0) is 39.5. The van der Waals surface area contributed by atoms with Crippen molar-refractivity contribution in [3.63, 3.8) is 0 Å². The number of aliphatic hydroxyl groups is 2. The number of ether oxygens (including phenoxy) is 5. The Morgan fingerprint density at radius 3 is 2.22 bits per heavy atom. The first-order chi connectivity index (χ1) is 25.5. The molecule has 1 aromatic carbocycles. The molecule has 54 heavy (non-hydrogen) atoms. The topological polar surface area (TPSA) is 238 Å². The van der Waals surface area contributed by atoms with Crippen LogP contribution in [0.4, 0.5) is 19.0 Å². The van der Waals surface area contributed by atoms with Gasteiger partial charge < -0.3 is 58.0 Å². The molecular weight excluding hydrogens is 793 g/mol. The Labute approximate surface area is 311 Å². The number of hydrogen-bond donors (Lipinski definition) is 5. The van der Waals surface area contributed by atoms with E-state index in [0.717, 1.165) is 10.7 Å². The van der Waals surface area contributed by atoms with Crippen molar-refractivity contribution in [3.05, 3.63) is 46.9 Å². The van der Waals surface area contributed by atoms with Crippen molar-refractivity contribution in [2.75, 3.05) is 76.8 Å². The molecule has 0 saturated carbocycles. The van der Waals surface area contributed by atoms with E-state index in [4.69, 9.17) is 56.0 Å². The normalized spacial score (nSPS) is 20.3. The summed E-state index contributed by atoms with van der Waals surface area (Å²) in [4.78, 5) is 37.8. The number of benzene rings is 1. The lowest BCUT2D eigenvalue weighted by Gasteiger charge is -2.26. The van der Waals surface area contributed by atoms with E-state index in [1.54, 1.807) is 0 Å². The lowest BCUT2D eigenvalue weighted by molar-refractivity contribution is -0.138. The largest absolute Gasteiger partial charge is 0.416 e. The Bertz CT molecular complexity index is 1810. The van der Waals surface area contributed by atoms with Crippen molar-refractivity contribution in [2.45, 2.75) is 37.3 Å². The van der Waals surface area contributed by atoms with Crippen molar-refractivity contribution in [1.29, 1.82) is 0 Å². The SMILES string of the molecule is C#CCOCCOCCOCCOCCN(Cc1ccccc1C(F)(F)F)c1nc(Cl)nc2c1cnn2[C@@H]1O[C@H](COP(=O)(O)CP(=O)(O)O)[C@@H](O)[C@H]1O. The van der Waals surface area contributed by atoms with Crippen LogP contribution in [0, 0.1) is 12.3 Å². The second-order valence-electron chi connectivity index (χ2n) is 11.6. The summed E-state index contributed by atoms with van der Waals surface area (Å²) in [6, 6.07) is 4.98. The third-order valence-electron chi connectivity index (χ3n) is 7.58. The third kappa shape index (κ3) is 12.9. The molecule has 0 aliphatic carbocycles. The fraction of sp³-hybridized carbons (Fsp3) is 0.567. The highest BCUT2D eigenvalue weighted by Gasteiger charge is 2.46. The van der Waals surface area contributed by atoms with E-state index in [0.29, 0.717) is 19.8 Å². The fourth-order valence-corrected chi connectivity index (χ4v) is 7.94. The summed E-state index contributed by atoms with van der Waals surface area (Å²) in [5.74, 6) is 0.903. The van der Waals surface area contributed by atoms with Gasteiger partial charge in [0, 0.05) is 13.1 Å². The van der Waals surface area contributed by atoms with E-state index in [9.17, 15) is 37.4 Å². The molecule has 4 rings (SSSR count). The molecule has 2 aromatic heterocycles. The van der Waals surface area contributed by atoms with Gasteiger partial charge in [-0.1, -0.05) is 24.1 Å². The van der Waals surface area contributed by atoms with Gasteiger partial charge in [-0.15, -0.1) is 6.42 Å². The number of aromatic nitrogens is 4. The highest BCUT2D eigenvalue weighted by atomic mass is 35.5. The van der Waals surface area contributed by atoms with Crippen molar-refractivity contribution in [2.24, 2.45) is 0 Å². The van der Waals surface area contributed by atoms with Gasteiger partial charge in [0.05, 0.1) is 70.0 Å². The highest BCUT2D eigenvalue weighted by Crippen LogP contribution is 2.55. The van der Waals surface area contributed by atoms with Crippen LogP contribution in [0.15, 0.2) is 30.5 Å². The lowest BCUT2D eigenvalue weighted by atomic mass is 10.1. The minimum atomic E-state index is -4.94. The molecule has 3 heterocycles. The fourth-order valence-electron chi connectivity index (χ4n) is 5.21. The number of anilines is 1. The van der Waals surface area contributed by atoms with Gasteiger partial charge in [-0.05, 0) is 23.2 Å². The third-order valence-corrected chi connectivity index (χ3v) is 11.2. The molecule has 300 valence electrons. The van der Waals surface area contributed by atoms with E-state index >= 15 is 0 Å². The number of nitrogens with zero attached hydrogens (tertiary/aromatic N) is 5. The summed E-state index contributed by atoms with van der Waals surface area (Å²) in [7, 11) is -9.77. The molecule has 0 radical (unpaired) electrons. The second-order valence-corrected chi connectivity index (χ2v) is 15.9. The molecule has 24 heteroatoms. The van der Waals surface area contributed by atoms with Crippen molar-refractivity contribution in [1.82, 2.24) is 19.7 Å². The van der Waals surface area contributed by atoms with Crippen LogP contribution < -0.4 is 4.90 Å². The van der Waals surface area contributed by atoms with E-state index in [-0.39, 0.29) is 73.8 Å². The van der Waals surface area contributed by atoms with Crippen LogP contribution in [0.5, 0.6) is 0 Å². The average Bonchev–Trinajstić information content (AvgIpc) is 3.63. The molecule has 5 N–H and O–H groups in total. The Balaban J connectivity index is 1.49. The zero-order valence-electron chi connectivity index (χ0n) is 28.4. The van der Waals surface area contributed by atoms with Gasteiger partial charge in [0.1, 0.15) is 30.7 Å². The van der Waals surface area contributed by atoms with Gasteiger partial charge in [-0.3, -0.25) is 9.13 Å². The molecule has 3 aromatic rings. The lowest BCUT2D eigenvalue weighted by Crippen LogP contribution is -2.34. The van der Waals surface area contributed by atoms with Gasteiger partial charge in [0.25, 0.3) is 0 Å².